The van der Waals surface area contributed by atoms with E-state index >= 15 is 0 Å². The first-order valence-corrected chi connectivity index (χ1v) is 25.7. The molecule has 4 N–H and O–H groups in total. The highest BCUT2D eigenvalue weighted by Gasteiger charge is 2.35. The molecule has 4 aromatic carbocycles. The van der Waals surface area contributed by atoms with Gasteiger partial charge in [0.05, 0.1) is 16.4 Å². The number of halogens is 1. The fourth-order valence-electron chi connectivity index (χ4n) is 9.25. The van der Waals surface area contributed by atoms with Gasteiger partial charge in [0.1, 0.15) is 5.69 Å². The minimum Gasteiger partial charge on any atom is -0.395 e. The molecule has 17 heteroatoms. The molecule has 354 valence electrons. The van der Waals surface area contributed by atoms with Crippen molar-refractivity contribution < 1.29 is 23.2 Å². The van der Waals surface area contributed by atoms with Crippen LogP contribution in [0.1, 0.15) is 48.5 Å². The summed E-state index contributed by atoms with van der Waals surface area (Å²) in [5.41, 5.74) is 5.27. The molecular formula is C49H63ClN8O6S2. The number of hydrogen-bond donors (Lipinski definition) is 4. The number of aliphatic hydroxyl groups is 1. The lowest BCUT2D eigenvalue weighted by Gasteiger charge is -2.43. The Morgan fingerprint density at radius 3 is 2.35 bits per heavy atom. The van der Waals surface area contributed by atoms with Crippen molar-refractivity contribution in [1.29, 1.82) is 0 Å². The summed E-state index contributed by atoms with van der Waals surface area (Å²) in [6.07, 6.45) is 3.88. The molecule has 2 atom stereocenters. The molecular weight excluding hydrogens is 896 g/mol. The summed E-state index contributed by atoms with van der Waals surface area (Å²) in [5.74, 6) is -0.246. The quantitative estimate of drug-likeness (QED) is 0.0411. The van der Waals surface area contributed by atoms with Crippen molar-refractivity contribution in [2.75, 3.05) is 108 Å². The molecule has 2 fully saturated rings. The molecule has 0 radical (unpaired) electrons. The van der Waals surface area contributed by atoms with Gasteiger partial charge < -0.3 is 30.4 Å². The Balaban J connectivity index is 0.962. The van der Waals surface area contributed by atoms with E-state index in [1.807, 2.05) is 66.5 Å². The molecule has 66 heavy (non-hydrogen) atoms. The third kappa shape index (κ3) is 13.6. The van der Waals surface area contributed by atoms with Crippen LogP contribution in [0.3, 0.4) is 0 Å². The van der Waals surface area contributed by atoms with Crippen molar-refractivity contribution in [3.63, 3.8) is 0 Å². The maximum atomic E-state index is 13.5. The molecule has 2 heterocycles. The number of amides is 1. The van der Waals surface area contributed by atoms with Crippen LogP contribution in [0.25, 0.3) is 5.57 Å². The number of aliphatic hydroxyl groups excluding tert-OH is 1. The number of carbonyl (C=O) groups excluding carboxylic acids is 1. The van der Waals surface area contributed by atoms with E-state index in [2.05, 4.69) is 49.1 Å². The number of nitro benzene ring substituents is 1. The minimum atomic E-state index is -4.47. The van der Waals surface area contributed by atoms with Crippen molar-refractivity contribution in [3.05, 3.63) is 129 Å². The first kappa shape index (κ1) is 49.4. The zero-order valence-electron chi connectivity index (χ0n) is 38.0. The van der Waals surface area contributed by atoms with Crippen LogP contribution in [0.5, 0.6) is 0 Å². The largest absolute Gasteiger partial charge is 0.395 e. The third-order valence-corrected chi connectivity index (χ3v) is 15.7. The summed E-state index contributed by atoms with van der Waals surface area (Å²) in [6, 6.07) is 28.4. The van der Waals surface area contributed by atoms with Gasteiger partial charge in [-0.2, -0.15) is 0 Å². The molecule has 0 saturated carbocycles. The second-order valence-electron chi connectivity index (χ2n) is 18.1. The lowest BCUT2D eigenvalue weighted by atomic mass is 9.71. The molecule has 2 saturated heterocycles. The number of nitro groups is 1. The molecule has 1 unspecified atom stereocenters. The normalized spacial score (nSPS) is 19.2. The fourth-order valence-corrected chi connectivity index (χ4v) is 11.4. The molecule has 1 aliphatic carbocycles. The molecule has 14 nitrogen and oxygen atoms in total. The van der Waals surface area contributed by atoms with Crippen molar-refractivity contribution in [1.82, 2.24) is 24.7 Å². The number of anilines is 2. The number of likely N-dealkylation sites (N-methyl/N-ethyl adjacent to an activating group) is 1. The van der Waals surface area contributed by atoms with Crippen LogP contribution < -0.4 is 20.3 Å². The number of hydrogen-bond acceptors (Lipinski definition) is 13. The Morgan fingerprint density at radius 2 is 1.67 bits per heavy atom. The maximum Gasteiger partial charge on any atom is 0.293 e. The van der Waals surface area contributed by atoms with Crippen LogP contribution in [-0.2, 0) is 10.0 Å². The van der Waals surface area contributed by atoms with E-state index in [0.29, 0.717) is 25.3 Å². The number of allylic oxidation sites excluding steroid dienone is 1. The third-order valence-electron chi connectivity index (χ3n) is 12.9. The summed E-state index contributed by atoms with van der Waals surface area (Å²) < 4.78 is 29.2. The highest BCUT2D eigenvalue weighted by Crippen LogP contribution is 2.44. The van der Waals surface area contributed by atoms with E-state index in [1.165, 1.54) is 28.8 Å². The standard InChI is InChI=1S/C49H63ClN8O6S2/c1-49(36-56-24-21-51-22-25-56)20-18-45(37-8-12-40(50)13-9-37)39(33-49)34-55-26-28-57(29-27-55)42-14-10-38(11-15-42)48(60)53-66(63,64)44-16-17-46(47(32-44)58(61)62)52-41(19-23-54(2)30-31-59)35-65-43-6-4-3-5-7-43/h3-17,32,41,51-52,59H,18-31,33-36H2,1-2H3,(H,53,60)/t41-,49?/m1/s1. The van der Waals surface area contributed by atoms with Gasteiger partial charge in [-0.25, -0.2) is 13.1 Å². The zero-order chi connectivity index (χ0) is 46.7. The molecule has 2 aliphatic heterocycles. The number of rotatable bonds is 20. The maximum absolute atomic E-state index is 13.5. The number of piperazine rings is 2. The predicted octanol–water partition coefficient (Wildman–Crippen LogP) is 6.93. The van der Waals surface area contributed by atoms with Crippen LogP contribution in [0.2, 0.25) is 5.02 Å². The number of benzene rings is 4. The molecule has 1 amide bonds. The van der Waals surface area contributed by atoms with E-state index in [1.54, 1.807) is 23.9 Å². The Hall–Kier alpha value is -4.52. The molecule has 0 bridgehead atoms. The van der Waals surface area contributed by atoms with E-state index < -0.39 is 31.4 Å². The Morgan fingerprint density at radius 1 is 0.955 bits per heavy atom. The van der Waals surface area contributed by atoms with Gasteiger partial charge in [0.25, 0.3) is 21.6 Å². The van der Waals surface area contributed by atoms with Crippen molar-refractivity contribution >= 4 is 61.9 Å². The van der Waals surface area contributed by atoms with Crippen LogP contribution in [0.4, 0.5) is 17.1 Å². The monoisotopic (exact) mass is 958 g/mol. The van der Waals surface area contributed by atoms with Gasteiger partial charge in [-0.05, 0) is 116 Å². The van der Waals surface area contributed by atoms with Gasteiger partial charge >= 0.3 is 0 Å². The SMILES string of the molecule is CN(CCO)CC[C@H](CSc1ccccc1)Nc1ccc(S(=O)(=O)NC(=O)c2ccc(N3CCN(CC4=C(c5ccc(Cl)cc5)CCC(C)(CN5CCNCC5)C4)CC3)cc2)cc1[N+](=O)[O-]. The Labute approximate surface area is 399 Å². The number of sulfonamides is 1. The topological polar surface area (TPSA) is 164 Å². The number of thioether (sulfide) groups is 1. The highest BCUT2D eigenvalue weighted by atomic mass is 35.5. The van der Waals surface area contributed by atoms with Crippen LogP contribution in [0.15, 0.2) is 112 Å². The lowest BCUT2D eigenvalue weighted by molar-refractivity contribution is -0.384. The fraction of sp³-hybridized carbons (Fsp3) is 0.449. The molecule has 0 aromatic heterocycles. The van der Waals surface area contributed by atoms with Crippen molar-refractivity contribution in [2.45, 2.75) is 48.4 Å². The number of nitrogens with zero attached hydrogens (tertiary/aromatic N) is 5. The molecule has 4 aromatic rings. The lowest BCUT2D eigenvalue weighted by Crippen LogP contribution is -2.49. The minimum absolute atomic E-state index is 0.0135. The van der Waals surface area contributed by atoms with E-state index in [0.717, 1.165) is 106 Å². The van der Waals surface area contributed by atoms with Crippen LogP contribution >= 0.6 is 23.4 Å². The Kier molecular flexibility index (Phi) is 17.2. The van der Waals surface area contributed by atoms with Crippen molar-refractivity contribution in [3.8, 4) is 0 Å². The van der Waals surface area contributed by atoms with Gasteiger partial charge in [0.15, 0.2) is 0 Å². The zero-order valence-corrected chi connectivity index (χ0v) is 40.4. The van der Waals surface area contributed by atoms with E-state index in [9.17, 15) is 28.4 Å². The van der Waals surface area contributed by atoms with Crippen LogP contribution in [0, 0.1) is 15.5 Å². The summed E-state index contributed by atoms with van der Waals surface area (Å²) in [6.45, 7) is 13.2. The highest BCUT2D eigenvalue weighted by molar-refractivity contribution is 7.99. The second-order valence-corrected chi connectivity index (χ2v) is 21.3. The first-order chi connectivity index (χ1) is 31.8. The first-order valence-electron chi connectivity index (χ1n) is 22.8. The number of carbonyl (C=O) groups is 1. The molecule has 3 aliphatic rings. The number of nitrogens with one attached hydrogen (secondary N) is 3. The van der Waals surface area contributed by atoms with Gasteiger partial charge in [-0.1, -0.05) is 54.4 Å². The predicted molar refractivity (Wildman–Crippen MR) is 266 cm³/mol. The van der Waals surface area contributed by atoms with Crippen LogP contribution in [-0.4, -0.2) is 143 Å². The summed E-state index contributed by atoms with van der Waals surface area (Å²) in [5, 5.41) is 29.2. The summed E-state index contributed by atoms with van der Waals surface area (Å²) >= 11 is 7.89. The molecule has 7 rings (SSSR count). The van der Waals surface area contributed by atoms with Crippen molar-refractivity contribution in [2.24, 2.45) is 5.41 Å². The van der Waals surface area contributed by atoms with Gasteiger partial charge in [0, 0.05) is 111 Å². The van der Waals surface area contributed by atoms with Gasteiger partial charge in [-0.15, -0.1) is 11.8 Å². The summed E-state index contributed by atoms with van der Waals surface area (Å²) in [4.78, 5) is 35.1. The average Bonchev–Trinajstić information content (AvgIpc) is 3.31. The average molecular weight is 960 g/mol. The second kappa shape index (κ2) is 23.0. The summed E-state index contributed by atoms with van der Waals surface area (Å²) in [7, 11) is -2.58. The van der Waals surface area contributed by atoms with Gasteiger partial charge in [-0.3, -0.25) is 19.8 Å². The van der Waals surface area contributed by atoms with E-state index in [-0.39, 0.29) is 29.3 Å². The van der Waals surface area contributed by atoms with Gasteiger partial charge in [0.2, 0.25) is 0 Å². The molecule has 0 spiro atoms. The van der Waals surface area contributed by atoms with E-state index in [4.69, 9.17) is 11.6 Å². The smallest absolute Gasteiger partial charge is 0.293 e. The Bertz CT molecular complexity index is 2400.